The zero-order valence-electron chi connectivity index (χ0n) is 18.7. The van der Waals surface area contributed by atoms with E-state index < -0.39 is 48.2 Å². The fourth-order valence-corrected chi connectivity index (χ4v) is 4.44. The van der Waals surface area contributed by atoms with Crippen molar-refractivity contribution in [3.05, 3.63) is 36.0 Å². The molecule has 4 N–H and O–H groups in total. The van der Waals surface area contributed by atoms with Gasteiger partial charge in [0.15, 0.2) is 0 Å². The standard InChI is InChI=1S/C23H25N5O7/c29-12-14(11-20(31)32)24-22(34)18-6-3-9-27-19(30)8-7-16(23(35)28(18)27)26-21(33)17-10-13-4-1-2-5-15(13)25-17/h1-2,4-5,10,12,14,16,18,25H,3,6-9,11H2,(H,24,34)(H,26,33)(H,31,32). The van der Waals surface area contributed by atoms with Crippen LogP contribution in [0, 0.1) is 0 Å². The van der Waals surface area contributed by atoms with Crippen molar-refractivity contribution in [2.75, 3.05) is 6.54 Å². The van der Waals surface area contributed by atoms with Gasteiger partial charge < -0.3 is 25.5 Å². The molecule has 3 heterocycles. The van der Waals surface area contributed by atoms with Gasteiger partial charge in [0.05, 0.1) is 12.5 Å². The molecule has 2 aliphatic rings. The first-order valence-corrected chi connectivity index (χ1v) is 11.3. The number of hydrogen-bond acceptors (Lipinski definition) is 6. The lowest BCUT2D eigenvalue weighted by Gasteiger charge is -2.43. The van der Waals surface area contributed by atoms with Crippen molar-refractivity contribution in [2.45, 2.75) is 50.2 Å². The van der Waals surface area contributed by atoms with Crippen LogP contribution < -0.4 is 10.6 Å². The lowest BCUT2D eigenvalue weighted by molar-refractivity contribution is -0.176. The van der Waals surface area contributed by atoms with Gasteiger partial charge in [-0.3, -0.25) is 29.0 Å². The summed E-state index contributed by atoms with van der Waals surface area (Å²) in [6.07, 6.45) is 0.394. The smallest absolute Gasteiger partial charge is 0.305 e. The molecule has 0 saturated carbocycles. The van der Waals surface area contributed by atoms with Crippen molar-refractivity contribution < 1.29 is 33.9 Å². The average Bonchev–Trinajstić information content (AvgIpc) is 3.24. The second kappa shape index (κ2) is 9.95. The van der Waals surface area contributed by atoms with E-state index in [1.54, 1.807) is 6.07 Å². The van der Waals surface area contributed by atoms with Crippen molar-refractivity contribution in [3.63, 3.8) is 0 Å². The molecule has 0 spiro atoms. The third kappa shape index (κ3) is 5.00. The molecule has 12 nitrogen and oxygen atoms in total. The largest absolute Gasteiger partial charge is 0.481 e. The third-order valence-corrected chi connectivity index (χ3v) is 6.13. The highest BCUT2D eigenvalue weighted by Crippen LogP contribution is 2.25. The molecule has 0 radical (unpaired) electrons. The second-order valence-electron chi connectivity index (χ2n) is 8.54. The summed E-state index contributed by atoms with van der Waals surface area (Å²) in [5.74, 6) is -3.53. The van der Waals surface area contributed by atoms with Crippen molar-refractivity contribution in [2.24, 2.45) is 0 Å². The molecule has 2 aromatic rings. The summed E-state index contributed by atoms with van der Waals surface area (Å²) < 4.78 is 0. The number of fused-ring (bicyclic) bond motifs is 2. The van der Waals surface area contributed by atoms with E-state index in [2.05, 4.69) is 15.6 Å². The first kappa shape index (κ1) is 23.9. The molecule has 0 aliphatic carbocycles. The molecule has 12 heteroatoms. The number of hydrogen-bond donors (Lipinski definition) is 4. The number of carbonyl (C=O) groups is 6. The SMILES string of the molecule is O=CC(CC(=O)O)NC(=O)C1CCCN2C(=O)CCC(NC(=O)c3cc4ccccc4[nH]3)C(=O)N12. The van der Waals surface area contributed by atoms with Crippen LogP contribution in [0.2, 0.25) is 0 Å². The molecule has 184 valence electrons. The van der Waals surface area contributed by atoms with E-state index in [0.717, 1.165) is 15.9 Å². The van der Waals surface area contributed by atoms with Gasteiger partial charge in [0.1, 0.15) is 24.1 Å². The van der Waals surface area contributed by atoms with Gasteiger partial charge in [-0.25, -0.2) is 5.01 Å². The quantitative estimate of drug-likeness (QED) is 0.400. The van der Waals surface area contributed by atoms with Crippen LogP contribution >= 0.6 is 0 Å². The lowest BCUT2D eigenvalue weighted by atomic mass is 10.0. The maximum Gasteiger partial charge on any atom is 0.305 e. The number of amides is 4. The van der Waals surface area contributed by atoms with E-state index in [1.807, 2.05) is 24.3 Å². The lowest BCUT2D eigenvalue weighted by Crippen LogP contribution is -2.64. The maximum atomic E-state index is 13.5. The molecule has 1 aromatic heterocycles. The Balaban J connectivity index is 1.54. The van der Waals surface area contributed by atoms with Crippen LogP contribution in [0.1, 0.15) is 42.6 Å². The van der Waals surface area contributed by atoms with Gasteiger partial charge in [-0.05, 0) is 31.4 Å². The molecule has 2 aliphatic heterocycles. The zero-order chi connectivity index (χ0) is 25.1. The predicted molar refractivity (Wildman–Crippen MR) is 121 cm³/mol. The predicted octanol–water partition coefficient (Wildman–Crippen LogP) is -0.0469. The summed E-state index contributed by atoms with van der Waals surface area (Å²) in [6, 6.07) is 5.51. The molecule has 3 atom stereocenters. The number of nitrogens with one attached hydrogen (secondary N) is 3. The Labute approximate surface area is 199 Å². The highest BCUT2D eigenvalue weighted by atomic mass is 16.4. The van der Waals surface area contributed by atoms with Crippen molar-refractivity contribution in [3.8, 4) is 0 Å². The van der Waals surface area contributed by atoms with Gasteiger partial charge in [-0.1, -0.05) is 18.2 Å². The monoisotopic (exact) mass is 483 g/mol. The van der Waals surface area contributed by atoms with Crippen LogP contribution in [0.25, 0.3) is 10.9 Å². The van der Waals surface area contributed by atoms with Crippen molar-refractivity contribution in [1.29, 1.82) is 0 Å². The highest BCUT2D eigenvalue weighted by Gasteiger charge is 2.45. The topological polar surface area (TPSA) is 169 Å². The number of H-pyrrole nitrogens is 1. The average molecular weight is 483 g/mol. The van der Waals surface area contributed by atoms with Gasteiger partial charge in [0.2, 0.25) is 11.8 Å². The number of nitrogens with zero attached hydrogens (tertiary/aromatic N) is 2. The molecule has 2 fully saturated rings. The Hall–Kier alpha value is -4.22. The molecule has 4 rings (SSSR count). The van der Waals surface area contributed by atoms with Gasteiger partial charge in [0, 0.05) is 23.9 Å². The molecule has 35 heavy (non-hydrogen) atoms. The Kier molecular flexibility index (Phi) is 6.80. The van der Waals surface area contributed by atoms with Crippen molar-refractivity contribution in [1.82, 2.24) is 25.6 Å². The molecule has 2 saturated heterocycles. The molecular formula is C23H25N5O7. The number of aldehydes is 1. The number of hydrazine groups is 1. The van der Waals surface area contributed by atoms with E-state index in [0.29, 0.717) is 12.7 Å². The number of rotatable bonds is 7. The summed E-state index contributed by atoms with van der Waals surface area (Å²) in [6.45, 7) is 0.225. The van der Waals surface area contributed by atoms with Gasteiger partial charge in [0.25, 0.3) is 11.8 Å². The first-order valence-electron chi connectivity index (χ1n) is 11.3. The van der Waals surface area contributed by atoms with Gasteiger partial charge >= 0.3 is 5.97 Å². The minimum absolute atomic E-state index is 0.00972. The third-order valence-electron chi connectivity index (χ3n) is 6.13. The number of carboxylic acids is 1. The summed E-state index contributed by atoms with van der Waals surface area (Å²) in [5.41, 5.74) is 1.01. The number of carbonyl (C=O) groups excluding carboxylic acids is 5. The fourth-order valence-electron chi connectivity index (χ4n) is 4.44. The van der Waals surface area contributed by atoms with Gasteiger partial charge in [-0.15, -0.1) is 0 Å². The number of aromatic nitrogens is 1. The number of carboxylic acid groups (broad SMARTS) is 1. The molecular weight excluding hydrogens is 458 g/mol. The minimum atomic E-state index is -1.27. The van der Waals surface area contributed by atoms with Crippen LogP contribution in [0.15, 0.2) is 30.3 Å². The van der Waals surface area contributed by atoms with E-state index >= 15 is 0 Å². The summed E-state index contributed by atoms with van der Waals surface area (Å²) in [7, 11) is 0. The fraction of sp³-hybridized carbons (Fsp3) is 0.391. The number of benzene rings is 1. The minimum Gasteiger partial charge on any atom is -0.481 e. The van der Waals surface area contributed by atoms with E-state index in [1.165, 1.54) is 5.01 Å². The summed E-state index contributed by atoms with van der Waals surface area (Å²) in [4.78, 5) is 77.2. The molecule has 1 aromatic carbocycles. The molecule has 3 unspecified atom stereocenters. The van der Waals surface area contributed by atoms with Gasteiger partial charge in [-0.2, -0.15) is 0 Å². The van der Waals surface area contributed by atoms with E-state index in [4.69, 9.17) is 5.11 Å². The van der Waals surface area contributed by atoms with Crippen LogP contribution in [0.4, 0.5) is 0 Å². The van der Waals surface area contributed by atoms with E-state index in [-0.39, 0.29) is 37.4 Å². The Bertz CT molecular complexity index is 1160. The Morgan fingerprint density at radius 1 is 1.20 bits per heavy atom. The second-order valence-corrected chi connectivity index (χ2v) is 8.54. The van der Waals surface area contributed by atoms with Crippen LogP contribution in [-0.4, -0.2) is 80.7 Å². The van der Waals surface area contributed by atoms with Crippen LogP contribution in [0.3, 0.4) is 0 Å². The normalized spacial score (nSPS) is 21.1. The Morgan fingerprint density at radius 3 is 2.69 bits per heavy atom. The van der Waals surface area contributed by atoms with E-state index in [9.17, 15) is 28.8 Å². The maximum absolute atomic E-state index is 13.5. The summed E-state index contributed by atoms with van der Waals surface area (Å²) in [5, 5.41) is 17.0. The summed E-state index contributed by atoms with van der Waals surface area (Å²) >= 11 is 0. The Morgan fingerprint density at radius 2 is 1.97 bits per heavy atom. The number of aliphatic carboxylic acids is 1. The number of aromatic amines is 1. The zero-order valence-corrected chi connectivity index (χ0v) is 18.7. The van der Waals surface area contributed by atoms with Crippen molar-refractivity contribution >= 4 is 46.8 Å². The molecule has 0 bridgehead atoms. The number of para-hydroxylation sites is 1. The highest BCUT2D eigenvalue weighted by molar-refractivity contribution is 6.01. The molecule has 4 amide bonds. The van der Waals surface area contributed by atoms with Crippen LogP contribution in [-0.2, 0) is 24.0 Å². The first-order chi connectivity index (χ1) is 16.8. The van der Waals surface area contributed by atoms with Crippen LogP contribution in [0.5, 0.6) is 0 Å².